The topological polar surface area (TPSA) is 17.1 Å². The van der Waals surface area contributed by atoms with E-state index in [-0.39, 0.29) is 5.78 Å². The van der Waals surface area contributed by atoms with E-state index in [1.807, 2.05) is 0 Å². The van der Waals surface area contributed by atoms with Crippen molar-refractivity contribution < 1.29 is 4.79 Å². The fraction of sp³-hybridized carbons (Fsp3) is 0. The summed E-state index contributed by atoms with van der Waals surface area (Å²) in [5, 5.41) is 0. The maximum Gasteiger partial charge on any atom is 0.185 e. The first-order chi connectivity index (χ1) is 3.31. The van der Waals surface area contributed by atoms with Gasteiger partial charge < -0.3 is 0 Å². The van der Waals surface area contributed by atoms with Crippen molar-refractivity contribution in [3.63, 3.8) is 0 Å². The Bertz CT molecular complexity index is 127. The van der Waals surface area contributed by atoms with E-state index < -0.39 is 0 Å². The van der Waals surface area contributed by atoms with E-state index in [4.69, 9.17) is 0 Å². The van der Waals surface area contributed by atoms with Gasteiger partial charge in [-0.15, -0.1) is 5.73 Å². The van der Waals surface area contributed by atoms with Gasteiger partial charge in [0.25, 0.3) is 0 Å². The fourth-order valence-corrected chi connectivity index (χ4v) is 0.160. The van der Waals surface area contributed by atoms with E-state index in [0.29, 0.717) is 0 Å². The molecule has 1 nitrogen and oxygen atoms in total. The van der Waals surface area contributed by atoms with Crippen molar-refractivity contribution in [3.05, 3.63) is 31.0 Å². The lowest BCUT2D eigenvalue weighted by molar-refractivity contribution is -0.110. The summed E-state index contributed by atoms with van der Waals surface area (Å²) in [6, 6.07) is 0. The normalized spacial score (nSPS) is 6.29. The van der Waals surface area contributed by atoms with Gasteiger partial charge in [0.2, 0.25) is 0 Å². The maximum atomic E-state index is 10.1. The van der Waals surface area contributed by atoms with E-state index in [9.17, 15) is 4.79 Å². The molecule has 0 radical (unpaired) electrons. The Balaban J connectivity index is 3.82. The minimum absolute atomic E-state index is 0.157. The van der Waals surface area contributed by atoms with Gasteiger partial charge in [0.15, 0.2) is 5.78 Å². The van der Waals surface area contributed by atoms with Crippen molar-refractivity contribution in [2.45, 2.75) is 0 Å². The molecule has 0 aromatic heterocycles. The van der Waals surface area contributed by atoms with Crippen molar-refractivity contribution in [2.24, 2.45) is 0 Å². The Morgan fingerprint density at radius 2 is 2.29 bits per heavy atom. The molecule has 36 valence electrons. The van der Waals surface area contributed by atoms with E-state index in [0.717, 1.165) is 0 Å². The van der Waals surface area contributed by atoms with Crippen LogP contribution in [0.25, 0.3) is 0 Å². The van der Waals surface area contributed by atoms with Crippen molar-refractivity contribution >= 4 is 5.78 Å². The zero-order valence-electron chi connectivity index (χ0n) is 3.98. The van der Waals surface area contributed by atoms with Crippen LogP contribution in [0.15, 0.2) is 31.0 Å². The van der Waals surface area contributed by atoms with Crippen LogP contribution < -0.4 is 0 Å². The quantitative estimate of drug-likeness (QED) is 0.369. The van der Waals surface area contributed by atoms with Crippen LogP contribution in [0.3, 0.4) is 0 Å². The predicted molar refractivity (Wildman–Crippen MR) is 28.9 cm³/mol. The van der Waals surface area contributed by atoms with Crippen LogP contribution in [0.2, 0.25) is 0 Å². The van der Waals surface area contributed by atoms with Crippen LogP contribution in [0.1, 0.15) is 0 Å². The molecule has 0 fully saturated rings. The average Bonchev–Trinajstić information content (AvgIpc) is 1.68. The molecule has 0 aliphatic carbocycles. The number of hydrogen-bond acceptors (Lipinski definition) is 1. The van der Waals surface area contributed by atoms with Crippen LogP contribution in [-0.4, -0.2) is 5.78 Å². The van der Waals surface area contributed by atoms with Crippen LogP contribution in [-0.2, 0) is 4.79 Å². The number of hydrogen-bond donors (Lipinski definition) is 0. The third kappa shape index (κ3) is 2.74. The van der Waals surface area contributed by atoms with Crippen molar-refractivity contribution in [1.82, 2.24) is 0 Å². The van der Waals surface area contributed by atoms with Gasteiger partial charge in [-0.1, -0.05) is 13.2 Å². The molecule has 0 heterocycles. The van der Waals surface area contributed by atoms with Crippen molar-refractivity contribution in [1.29, 1.82) is 0 Å². The number of ketones is 1. The molecule has 0 aliphatic rings. The standard InChI is InChI=1S/C6H6O/c1-3-5-6(7)4-2/h4-5H,1-2H2. The first-order valence-electron chi connectivity index (χ1n) is 1.83. The number of carbonyl (C=O) groups is 1. The molecular weight excluding hydrogens is 88.1 g/mol. The highest BCUT2D eigenvalue weighted by molar-refractivity contribution is 5.98. The highest BCUT2D eigenvalue weighted by atomic mass is 16.1. The van der Waals surface area contributed by atoms with E-state index in [1.165, 1.54) is 12.2 Å². The summed E-state index contributed by atoms with van der Waals surface area (Å²) in [5.74, 6) is -0.157. The Labute approximate surface area is 42.7 Å². The molecule has 0 aliphatic heterocycles. The molecule has 0 amide bonds. The lowest BCUT2D eigenvalue weighted by Crippen LogP contribution is -1.79. The summed E-state index contributed by atoms with van der Waals surface area (Å²) in [5.41, 5.74) is 2.32. The Hall–Kier alpha value is -1.07. The zero-order chi connectivity index (χ0) is 5.70. The highest BCUT2D eigenvalue weighted by Crippen LogP contribution is 1.70. The summed E-state index contributed by atoms with van der Waals surface area (Å²) in [4.78, 5) is 10.1. The maximum absolute atomic E-state index is 10.1. The van der Waals surface area contributed by atoms with Gasteiger partial charge >= 0.3 is 0 Å². The molecule has 1 heteroatoms. The molecule has 0 saturated heterocycles. The third-order valence-electron chi connectivity index (χ3n) is 0.446. The van der Waals surface area contributed by atoms with E-state index in [2.05, 4.69) is 18.9 Å². The molecule has 0 N–H and O–H groups in total. The van der Waals surface area contributed by atoms with E-state index in [1.54, 1.807) is 0 Å². The monoisotopic (exact) mass is 94.0 g/mol. The largest absolute Gasteiger partial charge is 0.289 e. The van der Waals surface area contributed by atoms with Gasteiger partial charge in [0, 0.05) is 6.08 Å². The Morgan fingerprint density at radius 1 is 1.71 bits per heavy atom. The van der Waals surface area contributed by atoms with Gasteiger partial charge in [-0.05, 0) is 6.08 Å². The Morgan fingerprint density at radius 3 is 2.43 bits per heavy atom. The van der Waals surface area contributed by atoms with Crippen molar-refractivity contribution in [2.75, 3.05) is 0 Å². The highest BCUT2D eigenvalue weighted by Gasteiger charge is 1.78. The predicted octanol–water partition coefficient (Wildman–Crippen LogP) is 1.08. The molecule has 0 rings (SSSR count). The lowest BCUT2D eigenvalue weighted by Gasteiger charge is -1.68. The third-order valence-corrected chi connectivity index (χ3v) is 0.446. The summed E-state index contributed by atoms with van der Waals surface area (Å²) < 4.78 is 0. The number of allylic oxidation sites excluding steroid dienone is 2. The molecule has 0 aromatic carbocycles. The lowest BCUT2D eigenvalue weighted by atomic mass is 10.4. The average molecular weight is 94.1 g/mol. The number of rotatable bonds is 2. The Kier molecular flexibility index (Phi) is 2.65. The smallest absolute Gasteiger partial charge is 0.185 e. The minimum atomic E-state index is -0.157. The summed E-state index contributed by atoms with van der Waals surface area (Å²) in [7, 11) is 0. The van der Waals surface area contributed by atoms with Gasteiger partial charge in [0.05, 0.1) is 0 Å². The SMILES string of the molecule is C=C=CC(=O)C=C. The van der Waals surface area contributed by atoms with Gasteiger partial charge in [-0.25, -0.2) is 0 Å². The first kappa shape index (κ1) is 5.93. The van der Waals surface area contributed by atoms with Crippen LogP contribution in [0.5, 0.6) is 0 Å². The molecule has 0 atom stereocenters. The summed E-state index contributed by atoms with van der Waals surface area (Å²) in [6.07, 6.45) is 2.44. The molecule has 0 unspecified atom stereocenters. The van der Waals surface area contributed by atoms with Gasteiger partial charge in [-0.3, -0.25) is 4.79 Å². The summed E-state index contributed by atoms with van der Waals surface area (Å²) in [6.45, 7) is 6.43. The van der Waals surface area contributed by atoms with Crippen molar-refractivity contribution in [3.8, 4) is 0 Å². The first-order valence-corrected chi connectivity index (χ1v) is 1.83. The second kappa shape index (κ2) is 3.13. The van der Waals surface area contributed by atoms with Crippen LogP contribution >= 0.6 is 0 Å². The molecule has 0 saturated carbocycles. The molecule has 7 heavy (non-hydrogen) atoms. The zero-order valence-corrected chi connectivity index (χ0v) is 3.98. The summed E-state index contributed by atoms with van der Waals surface area (Å²) >= 11 is 0. The van der Waals surface area contributed by atoms with Gasteiger partial charge in [0.1, 0.15) is 0 Å². The molecule has 0 bridgehead atoms. The molecule has 0 aromatic rings. The second-order valence-electron chi connectivity index (χ2n) is 0.955. The van der Waals surface area contributed by atoms with Gasteiger partial charge in [-0.2, -0.15) is 0 Å². The minimum Gasteiger partial charge on any atom is -0.289 e. The van der Waals surface area contributed by atoms with E-state index >= 15 is 0 Å². The number of carbonyl (C=O) groups excluding carboxylic acids is 1. The second-order valence-corrected chi connectivity index (χ2v) is 0.955. The molecular formula is C6H6O. The van der Waals surface area contributed by atoms with Crippen LogP contribution in [0, 0.1) is 0 Å². The fourth-order valence-electron chi connectivity index (χ4n) is 0.160. The molecule has 0 spiro atoms. The van der Waals surface area contributed by atoms with Crippen LogP contribution in [0.4, 0.5) is 0 Å².